The fourth-order valence-electron chi connectivity index (χ4n) is 3.86. The van der Waals surface area contributed by atoms with Gasteiger partial charge in [-0.2, -0.15) is 0 Å². The third kappa shape index (κ3) is 4.90. The van der Waals surface area contributed by atoms with Crippen molar-refractivity contribution in [2.45, 2.75) is 64.3 Å². The lowest BCUT2D eigenvalue weighted by Crippen LogP contribution is -2.45. The highest BCUT2D eigenvalue weighted by molar-refractivity contribution is 5.76. The van der Waals surface area contributed by atoms with Gasteiger partial charge in [0.1, 0.15) is 0 Å². The molecule has 5 heteroatoms. The highest BCUT2D eigenvalue weighted by Gasteiger charge is 2.33. The number of nitrogens with one attached hydrogen (secondary N) is 2. The van der Waals surface area contributed by atoms with E-state index in [0.717, 1.165) is 31.1 Å². The van der Waals surface area contributed by atoms with Crippen molar-refractivity contribution in [2.75, 3.05) is 6.54 Å². The summed E-state index contributed by atoms with van der Waals surface area (Å²) in [6.45, 7) is 2.99. The molecule has 0 radical (unpaired) electrons. The van der Waals surface area contributed by atoms with E-state index in [2.05, 4.69) is 17.6 Å². The van der Waals surface area contributed by atoms with Crippen LogP contribution in [0, 0.1) is 17.8 Å². The minimum atomic E-state index is -0.797. The molecule has 0 aromatic heterocycles. The smallest absolute Gasteiger partial charge is 0.315 e. The van der Waals surface area contributed by atoms with Crippen molar-refractivity contribution in [1.29, 1.82) is 0 Å². The Balaban J connectivity index is 1.64. The number of hydrogen-bond acceptors (Lipinski definition) is 2. The Morgan fingerprint density at radius 3 is 2.62 bits per heavy atom. The molecular weight excluding hydrogens is 268 g/mol. The molecule has 120 valence electrons. The van der Waals surface area contributed by atoms with Crippen LogP contribution >= 0.6 is 0 Å². The first-order chi connectivity index (χ1) is 10.1. The van der Waals surface area contributed by atoms with Crippen LogP contribution < -0.4 is 10.6 Å². The second-order valence-corrected chi connectivity index (χ2v) is 6.81. The molecule has 4 atom stereocenters. The Kier molecular flexibility index (Phi) is 5.88. The summed E-state index contributed by atoms with van der Waals surface area (Å²) < 4.78 is 0. The normalized spacial score (nSPS) is 32.6. The first-order valence-electron chi connectivity index (χ1n) is 8.33. The van der Waals surface area contributed by atoms with Gasteiger partial charge in [0.2, 0.25) is 0 Å². The van der Waals surface area contributed by atoms with Crippen LogP contribution in [0.25, 0.3) is 0 Å². The molecule has 2 fully saturated rings. The van der Waals surface area contributed by atoms with Crippen molar-refractivity contribution in [2.24, 2.45) is 17.8 Å². The highest BCUT2D eigenvalue weighted by atomic mass is 16.4. The lowest BCUT2D eigenvalue weighted by Gasteiger charge is -2.26. The average molecular weight is 296 g/mol. The summed E-state index contributed by atoms with van der Waals surface area (Å²) >= 11 is 0. The minimum absolute atomic E-state index is 0.211. The van der Waals surface area contributed by atoms with Gasteiger partial charge < -0.3 is 15.7 Å². The highest BCUT2D eigenvalue weighted by Crippen LogP contribution is 2.30. The number of hydrogen-bond donors (Lipinski definition) is 3. The van der Waals surface area contributed by atoms with Crippen LogP contribution in [-0.4, -0.2) is 29.7 Å². The number of rotatable bonds is 5. The third-order valence-electron chi connectivity index (χ3n) is 5.03. The summed E-state index contributed by atoms with van der Waals surface area (Å²) in [7, 11) is 0. The predicted octanol–water partition coefficient (Wildman–Crippen LogP) is 2.76. The Morgan fingerprint density at radius 1 is 1.14 bits per heavy atom. The molecule has 3 N–H and O–H groups in total. The molecule has 0 spiro atoms. The zero-order chi connectivity index (χ0) is 15.2. The number of amides is 2. The lowest BCUT2D eigenvalue weighted by molar-refractivity contribution is -0.142. The van der Waals surface area contributed by atoms with Gasteiger partial charge in [0.25, 0.3) is 0 Å². The molecule has 2 aliphatic rings. The molecule has 2 saturated carbocycles. The van der Waals surface area contributed by atoms with Crippen LogP contribution in [0.5, 0.6) is 0 Å². The summed E-state index contributed by atoms with van der Waals surface area (Å²) in [5.74, 6) is 0.323. The van der Waals surface area contributed by atoms with Crippen LogP contribution in [0.2, 0.25) is 0 Å². The molecule has 21 heavy (non-hydrogen) atoms. The number of carboxylic acids is 1. The Hall–Kier alpha value is -1.26. The number of urea groups is 1. The maximum absolute atomic E-state index is 11.9. The molecule has 0 bridgehead atoms. The van der Waals surface area contributed by atoms with E-state index < -0.39 is 11.9 Å². The van der Waals surface area contributed by atoms with Crippen LogP contribution in [-0.2, 0) is 4.79 Å². The third-order valence-corrected chi connectivity index (χ3v) is 5.03. The predicted molar refractivity (Wildman–Crippen MR) is 81.0 cm³/mol. The van der Waals surface area contributed by atoms with Crippen LogP contribution in [0.3, 0.4) is 0 Å². The van der Waals surface area contributed by atoms with Crippen molar-refractivity contribution < 1.29 is 14.7 Å². The fourth-order valence-corrected chi connectivity index (χ4v) is 3.86. The Labute approximate surface area is 126 Å². The first-order valence-corrected chi connectivity index (χ1v) is 8.33. The van der Waals surface area contributed by atoms with E-state index in [1.54, 1.807) is 0 Å². The molecule has 0 heterocycles. The summed E-state index contributed by atoms with van der Waals surface area (Å²) in [5.41, 5.74) is 0. The van der Waals surface area contributed by atoms with Gasteiger partial charge in [0.15, 0.2) is 0 Å². The zero-order valence-electron chi connectivity index (χ0n) is 12.9. The molecular formula is C16H28N2O3. The molecule has 2 amide bonds. The number of carbonyl (C=O) groups is 2. The Morgan fingerprint density at radius 2 is 1.90 bits per heavy atom. The van der Waals surface area contributed by atoms with Gasteiger partial charge in [-0.05, 0) is 37.5 Å². The van der Waals surface area contributed by atoms with Crippen molar-refractivity contribution in [1.82, 2.24) is 10.6 Å². The van der Waals surface area contributed by atoms with E-state index >= 15 is 0 Å². The van der Waals surface area contributed by atoms with Gasteiger partial charge in [0, 0.05) is 12.6 Å². The van der Waals surface area contributed by atoms with Crippen LogP contribution in [0.4, 0.5) is 4.79 Å². The van der Waals surface area contributed by atoms with E-state index in [0.29, 0.717) is 13.0 Å². The number of carboxylic acid groups (broad SMARTS) is 1. The van der Waals surface area contributed by atoms with E-state index in [1.165, 1.54) is 25.7 Å². The van der Waals surface area contributed by atoms with Crippen molar-refractivity contribution in [3.63, 3.8) is 0 Å². The van der Waals surface area contributed by atoms with Crippen LogP contribution in [0.1, 0.15) is 58.3 Å². The molecule has 2 aliphatic carbocycles. The quantitative estimate of drug-likeness (QED) is 0.730. The van der Waals surface area contributed by atoms with Crippen molar-refractivity contribution in [3.8, 4) is 0 Å². The molecule has 0 aliphatic heterocycles. The van der Waals surface area contributed by atoms with Crippen molar-refractivity contribution in [3.05, 3.63) is 0 Å². The zero-order valence-corrected chi connectivity index (χ0v) is 12.9. The second-order valence-electron chi connectivity index (χ2n) is 6.81. The molecule has 5 nitrogen and oxygen atoms in total. The molecule has 0 aromatic carbocycles. The van der Waals surface area contributed by atoms with Crippen LogP contribution in [0.15, 0.2) is 0 Å². The topological polar surface area (TPSA) is 78.4 Å². The van der Waals surface area contributed by atoms with Gasteiger partial charge in [-0.1, -0.05) is 32.6 Å². The fraction of sp³-hybridized carbons (Fsp3) is 0.875. The monoisotopic (exact) mass is 296 g/mol. The molecule has 2 rings (SSSR count). The van der Waals surface area contributed by atoms with Crippen molar-refractivity contribution >= 4 is 12.0 Å². The second kappa shape index (κ2) is 7.66. The van der Waals surface area contributed by atoms with Gasteiger partial charge in [-0.25, -0.2) is 4.79 Å². The molecule has 0 saturated heterocycles. The SMILES string of the molecule is CC1CCCC(CCNC(=O)NC2CCCC2C(=O)O)C1. The largest absolute Gasteiger partial charge is 0.481 e. The van der Waals surface area contributed by atoms with E-state index in [1.807, 2.05) is 0 Å². The maximum atomic E-state index is 11.9. The standard InChI is InChI=1S/C16H28N2O3/c1-11-4-2-5-12(10-11)8-9-17-16(21)18-14-7-3-6-13(14)15(19)20/h11-14H,2-10H2,1H3,(H,19,20)(H2,17,18,21). The molecule has 0 aromatic rings. The average Bonchev–Trinajstić information content (AvgIpc) is 2.87. The van der Waals surface area contributed by atoms with Gasteiger partial charge >= 0.3 is 12.0 Å². The summed E-state index contributed by atoms with van der Waals surface area (Å²) in [5, 5.41) is 14.8. The Bertz CT molecular complexity index is 373. The minimum Gasteiger partial charge on any atom is -0.481 e. The van der Waals surface area contributed by atoms with Gasteiger partial charge in [0.05, 0.1) is 5.92 Å². The first kappa shape index (κ1) is 16.1. The van der Waals surface area contributed by atoms with E-state index in [-0.39, 0.29) is 12.1 Å². The summed E-state index contributed by atoms with van der Waals surface area (Å²) in [4.78, 5) is 22.9. The molecule has 4 unspecified atom stereocenters. The van der Waals surface area contributed by atoms with E-state index in [9.17, 15) is 9.59 Å². The summed E-state index contributed by atoms with van der Waals surface area (Å²) in [6, 6.07) is -0.422. The van der Waals surface area contributed by atoms with Gasteiger partial charge in [-0.15, -0.1) is 0 Å². The lowest BCUT2D eigenvalue weighted by atomic mass is 9.81. The number of aliphatic carboxylic acids is 1. The summed E-state index contributed by atoms with van der Waals surface area (Å²) in [6.07, 6.45) is 8.53. The van der Waals surface area contributed by atoms with E-state index in [4.69, 9.17) is 5.11 Å². The maximum Gasteiger partial charge on any atom is 0.315 e. The van der Waals surface area contributed by atoms with Gasteiger partial charge in [-0.3, -0.25) is 4.79 Å². The number of carbonyl (C=O) groups excluding carboxylic acids is 1.